The molecule has 0 saturated carbocycles. The minimum atomic E-state index is 0. The van der Waals surface area contributed by atoms with E-state index >= 15 is 0 Å². The van der Waals surface area contributed by atoms with Crippen LogP contribution in [0.5, 0.6) is 23.0 Å². The maximum absolute atomic E-state index is 6.70. The largest absolute Gasteiger partial charge is 2.00 e. The van der Waals surface area contributed by atoms with Gasteiger partial charge in [-0.1, -0.05) is 181 Å². The fraction of sp³-hybridized carbons (Fsp3) is 0.0549. The predicted molar refractivity (Wildman–Crippen MR) is 418 cm³/mol. The van der Waals surface area contributed by atoms with Crippen LogP contribution in [-0.4, -0.2) is 47.8 Å². The quantitative estimate of drug-likeness (QED) is 0.0982. The van der Waals surface area contributed by atoms with Crippen LogP contribution in [-0.2, 0) is 21.1 Å². The summed E-state index contributed by atoms with van der Waals surface area (Å²) in [7, 11) is 0. The van der Waals surface area contributed by atoms with E-state index in [0.29, 0.717) is 11.5 Å². The van der Waals surface area contributed by atoms with Gasteiger partial charge in [0.05, 0.1) is 39.5 Å². The summed E-state index contributed by atoms with van der Waals surface area (Å²) in [5, 5.41) is 10.5. The molecular weight excluding hydrogens is 1460 g/mol. The monoisotopic (exact) mass is 1520 g/mol. The molecule has 104 heavy (non-hydrogen) atoms. The van der Waals surface area contributed by atoms with Gasteiger partial charge in [0, 0.05) is 91.7 Å². The van der Waals surface area contributed by atoms with Crippen molar-refractivity contribution in [3.8, 4) is 79.7 Å². The van der Waals surface area contributed by atoms with Crippen molar-refractivity contribution >= 4 is 98.5 Å². The van der Waals surface area contributed by atoms with Crippen LogP contribution in [0.4, 0.5) is 0 Å². The van der Waals surface area contributed by atoms with Crippen LogP contribution in [0.25, 0.3) is 155 Å². The van der Waals surface area contributed by atoms with Gasteiger partial charge in [-0.2, -0.15) is 6.07 Å². The molecule has 20 rings (SSSR count). The summed E-state index contributed by atoms with van der Waals surface area (Å²) in [6, 6.07) is 98.7. The number of nitrogens with zero attached hydrogens (tertiary/aromatic N) is 10. The van der Waals surface area contributed by atoms with Gasteiger partial charge in [-0.15, -0.1) is 29.7 Å². The van der Waals surface area contributed by atoms with E-state index in [1.807, 2.05) is 104 Å². The molecule has 0 aliphatic heterocycles. The second-order valence-electron chi connectivity index (χ2n) is 25.8. The van der Waals surface area contributed by atoms with Gasteiger partial charge in [-0.3, -0.25) is 14.0 Å². The summed E-state index contributed by atoms with van der Waals surface area (Å²) in [6.45, 7) is 8.58. The first kappa shape index (κ1) is 64.5. The molecule has 0 unspecified atom stereocenters. The Labute approximate surface area is 613 Å². The number of aryl methyl sites for hydroxylation is 4. The molecule has 10 aromatic carbocycles. The topological polar surface area (TPSA) is 114 Å². The van der Waals surface area contributed by atoms with E-state index < -0.39 is 0 Å². The van der Waals surface area contributed by atoms with Crippen LogP contribution in [0.2, 0.25) is 0 Å². The van der Waals surface area contributed by atoms with Crippen molar-refractivity contribution in [3.05, 3.63) is 326 Å². The molecule has 12 nitrogen and oxygen atoms in total. The maximum atomic E-state index is 6.70. The second-order valence-corrected chi connectivity index (χ2v) is 25.8. The standard InChI is InChI=1S/C45H31N5O.C45H29N5O.CH4.Pt/c2*1-28-12-3-5-14-32(28)42-43(33-15-6-4-13-29(33)2)50-44-37(17-11-25-47-44)34-22-20-30(26-38(34)45(50)48-42)51-31-21-23-36-35-16-7-8-18-39(35)49(40(36)27-31)41-19-9-10-24-46-41;;/h3-27H,1-2H3;3-25H,1-2H3;1H4;/q;-2;;+2. The third-order valence-electron chi connectivity index (χ3n) is 19.7. The average molecular weight is 1520 g/mol. The molecular formula is C91H64N10O2Pt. The smallest absolute Gasteiger partial charge is 0.503 e. The van der Waals surface area contributed by atoms with E-state index in [9.17, 15) is 0 Å². The fourth-order valence-electron chi connectivity index (χ4n) is 15.0. The van der Waals surface area contributed by atoms with Gasteiger partial charge < -0.3 is 18.4 Å². The Morgan fingerprint density at radius 1 is 0.308 bits per heavy atom. The van der Waals surface area contributed by atoms with Crippen molar-refractivity contribution in [2.24, 2.45) is 0 Å². The molecule has 0 aliphatic carbocycles. The summed E-state index contributed by atoms with van der Waals surface area (Å²) < 4.78 is 22.1. The molecule has 0 aliphatic rings. The first-order valence-corrected chi connectivity index (χ1v) is 34.1. The Morgan fingerprint density at radius 2 is 0.740 bits per heavy atom. The van der Waals surface area contributed by atoms with E-state index in [4.69, 9.17) is 34.4 Å². The van der Waals surface area contributed by atoms with Crippen molar-refractivity contribution in [1.82, 2.24) is 47.8 Å². The molecule has 0 atom stereocenters. The molecule has 0 radical (unpaired) electrons. The van der Waals surface area contributed by atoms with Crippen molar-refractivity contribution in [1.29, 1.82) is 0 Å². The van der Waals surface area contributed by atoms with Crippen molar-refractivity contribution in [3.63, 3.8) is 0 Å². The SMILES string of the molecule is C.Cc1ccccc1-c1nc2c3[c-]c(Oc4[c-]c5c(cc4)c4ccccc4n5-c4ccccn4)ccc3c3cccnc3n2c1-c1ccccc1C.Cc1ccccc1-c1nc2c3cc(Oc4ccc5c6ccccc6n(-c6ccccn6)c5c4)ccc3c3cccnc3n2c1-c1ccccc1C.[Pt+2]. The summed E-state index contributed by atoms with van der Waals surface area (Å²) >= 11 is 0. The normalized spacial score (nSPS) is 11.5. The zero-order valence-corrected chi connectivity index (χ0v) is 58.6. The first-order valence-electron chi connectivity index (χ1n) is 34.1. The number of rotatable bonds is 10. The Balaban J connectivity index is 0.000000151. The zero-order chi connectivity index (χ0) is 68.1. The van der Waals surface area contributed by atoms with Crippen LogP contribution in [0.15, 0.2) is 292 Å². The Kier molecular flexibility index (Phi) is 16.3. The van der Waals surface area contributed by atoms with Crippen LogP contribution < -0.4 is 9.47 Å². The van der Waals surface area contributed by atoms with E-state index in [-0.39, 0.29) is 28.5 Å². The molecule has 10 heterocycles. The van der Waals surface area contributed by atoms with Crippen LogP contribution in [0.3, 0.4) is 0 Å². The number of imidazole rings is 2. The molecule has 500 valence electrons. The number of ether oxygens (including phenoxy) is 2. The molecule has 0 bridgehead atoms. The van der Waals surface area contributed by atoms with E-state index in [0.717, 1.165) is 172 Å². The molecule has 13 heteroatoms. The minimum Gasteiger partial charge on any atom is -0.503 e. The number of benzene rings is 10. The van der Waals surface area contributed by atoms with Gasteiger partial charge >= 0.3 is 21.1 Å². The van der Waals surface area contributed by atoms with Gasteiger partial charge in [0.15, 0.2) is 0 Å². The molecule has 0 N–H and O–H groups in total. The first-order chi connectivity index (χ1) is 50.3. The third-order valence-corrected chi connectivity index (χ3v) is 19.7. The zero-order valence-electron chi connectivity index (χ0n) is 56.3. The van der Waals surface area contributed by atoms with Gasteiger partial charge in [0.1, 0.15) is 40.1 Å². The van der Waals surface area contributed by atoms with E-state index in [2.05, 4.69) is 251 Å². The van der Waals surface area contributed by atoms with Gasteiger partial charge in [-0.25, -0.2) is 24.9 Å². The van der Waals surface area contributed by atoms with Gasteiger partial charge in [0.25, 0.3) is 0 Å². The summed E-state index contributed by atoms with van der Waals surface area (Å²) in [5.74, 6) is 4.31. The Morgan fingerprint density at radius 3 is 1.33 bits per heavy atom. The Bertz CT molecular complexity index is 6370. The van der Waals surface area contributed by atoms with Crippen molar-refractivity contribution in [2.45, 2.75) is 35.1 Å². The van der Waals surface area contributed by atoms with Gasteiger partial charge in [0.2, 0.25) is 0 Å². The van der Waals surface area contributed by atoms with E-state index in [1.54, 1.807) is 0 Å². The summed E-state index contributed by atoms with van der Waals surface area (Å²) in [5.41, 5.74) is 20.3. The minimum absolute atomic E-state index is 0. The number of hydrogen-bond donors (Lipinski definition) is 0. The molecule has 0 amide bonds. The van der Waals surface area contributed by atoms with Crippen LogP contribution in [0.1, 0.15) is 29.7 Å². The molecule has 0 saturated heterocycles. The van der Waals surface area contributed by atoms with Gasteiger partial charge in [-0.05, 0) is 151 Å². The summed E-state index contributed by atoms with van der Waals surface area (Å²) in [6.07, 6.45) is 7.35. The molecule has 0 spiro atoms. The Hall–Kier alpha value is -12.9. The van der Waals surface area contributed by atoms with Crippen LogP contribution >= 0.6 is 0 Å². The predicted octanol–water partition coefficient (Wildman–Crippen LogP) is 22.8. The molecule has 20 aromatic rings. The number of para-hydroxylation sites is 2. The average Bonchev–Trinajstić information content (AvgIpc) is 1.52. The number of aromatic nitrogens is 10. The third kappa shape index (κ3) is 10.6. The number of pyridine rings is 6. The summed E-state index contributed by atoms with van der Waals surface area (Å²) in [4.78, 5) is 30.1. The van der Waals surface area contributed by atoms with E-state index in [1.165, 1.54) is 16.5 Å². The van der Waals surface area contributed by atoms with Crippen molar-refractivity contribution < 1.29 is 30.5 Å². The van der Waals surface area contributed by atoms with Crippen LogP contribution in [0, 0.1) is 39.8 Å². The number of fused-ring (bicyclic) bond motifs is 18. The molecule has 0 fully saturated rings. The maximum Gasteiger partial charge on any atom is 2.00 e. The molecule has 10 aromatic heterocycles. The number of hydrogen-bond acceptors (Lipinski definition) is 8. The second kappa shape index (κ2) is 26.2. The van der Waals surface area contributed by atoms with Crippen molar-refractivity contribution in [2.75, 3.05) is 0 Å². The fourth-order valence-corrected chi connectivity index (χ4v) is 15.0.